The summed E-state index contributed by atoms with van der Waals surface area (Å²) >= 11 is 1.53. The lowest BCUT2D eigenvalue weighted by atomic mass is 10.1. The summed E-state index contributed by atoms with van der Waals surface area (Å²) in [6.45, 7) is -0.593. The van der Waals surface area contributed by atoms with Gasteiger partial charge in [-0.3, -0.25) is 0 Å². The maximum Gasteiger partial charge on any atom is 0.387 e. The van der Waals surface area contributed by atoms with E-state index < -0.39 is 12.7 Å². The van der Waals surface area contributed by atoms with Crippen molar-refractivity contribution in [1.82, 2.24) is 5.32 Å². The van der Waals surface area contributed by atoms with Gasteiger partial charge in [-0.25, -0.2) is 0 Å². The Balaban J connectivity index is 2.00. The molecule has 2 unspecified atom stereocenters. The smallest absolute Gasteiger partial charge is 0.387 e. The van der Waals surface area contributed by atoms with Crippen LogP contribution >= 0.6 is 11.3 Å². The van der Waals surface area contributed by atoms with Crippen molar-refractivity contribution in [2.24, 2.45) is 0 Å². The Morgan fingerprint density at radius 3 is 2.61 bits per heavy atom. The van der Waals surface area contributed by atoms with E-state index in [0.29, 0.717) is 6.54 Å². The van der Waals surface area contributed by atoms with Crippen LogP contribution in [0.5, 0.6) is 11.5 Å². The van der Waals surface area contributed by atoms with E-state index in [1.54, 1.807) is 12.1 Å². The van der Waals surface area contributed by atoms with Crippen LogP contribution in [0, 0.1) is 0 Å². The van der Waals surface area contributed by atoms with Crippen LogP contribution < -0.4 is 14.8 Å². The van der Waals surface area contributed by atoms with Gasteiger partial charge in [0.05, 0.1) is 13.2 Å². The molecule has 0 saturated carbocycles. The zero-order valence-corrected chi connectivity index (χ0v) is 13.6. The molecule has 1 heterocycles. The molecule has 0 bridgehead atoms. The van der Waals surface area contributed by atoms with E-state index in [4.69, 9.17) is 4.74 Å². The number of aliphatic hydroxyl groups excluding tert-OH is 1. The van der Waals surface area contributed by atoms with E-state index >= 15 is 0 Å². The predicted octanol–water partition coefficient (Wildman–Crippen LogP) is 3.74. The minimum Gasteiger partial charge on any atom is -0.493 e. The van der Waals surface area contributed by atoms with Gasteiger partial charge in [0.1, 0.15) is 0 Å². The van der Waals surface area contributed by atoms with Gasteiger partial charge in [-0.15, -0.1) is 0 Å². The largest absolute Gasteiger partial charge is 0.493 e. The molecule has 2 atom stereocenters. The average molecular weight is 343 g/mol. The fourth-order valence-electron chi connectivity index (χ4n) is 2.14. The Bertz CT molecular complexity index is 607. The third kappa shape index (κ3) is 4.89. The van der Waals surface area contributed by atoms with Crippen LogP contribution in [-0.2, 0) is 0 Å². The summed E-state index contributed by atoms with van der Waals surface area (Å²) < 4.78 is 34.1. The third-order valence-corrected chi connectivity index (χ3v) is 4.15. The zero-order valence-electron chi connectivity index (χ0n) is 12.8. The summed E-state index contributed by atoms with van der Waals surface area (Å²) in [7, 11) is 1.40. The quantitative estimate of drug-likeness (QED) is 0.767. The number of benzene rings is 1. The van der Waals surface area contributed by atoms with E-state index in [2.05, 4.69) is 10.1 Å². The second-order valence-corrected chi connectivity index (χ2v) is 5.77. The molecule has 7 heteroatoms. The molecule has 0 fully saturated rings. The van der Waals surface area contributed by atoms with Crippen molar-refractivity contribution in [3.63, 3.8) is 0 Å². The van der Waals surface area contributed by atoms with Crippen molar-refractivity contribution < 1.29 is 23.4 Å². The van der Waals surface area contributed by atoms with Gasteiger partial charge in [-0.2, -0.15) is 20.1 Å². The van der Waals surface area contributed by atoms with Crippen molar-refractivity contribution in [1.29, 1.82) is 0 Å². The molecule has 1 aromatic carbocycles. The second-order valence-electron chi connectivity index (χ2n) is 4.99. The maximum absolute atomic E-state index is 12.3. The summed E-state index contributed by atoms with van der Waals surface area (Å²) in [5, 5.41) is 17.1. The van der Waals surface area contributed by atoms with Gasteiger partial charge >= 0.3 is 6.61 Å². The summed E-state index contributed by atoms with van der Waals surface area (Å²) in [5.41, 5.74) is 1.72. The molecule has 0 aliphatic carbocycles. The van der Waals surface area contributed by atoms with Crippen LogP contribution in [0.15, 0.2) is 35.0 Å². The molecule has 0 amide bonds. The number of ether oxygens (including phenoxy) is 2. The van der Waals surface area contributed by atoms with Crippen molar-refractivity contribution in [2.45, 2.75) is 25.7 Å². The van der Waals surface area contributed by atoms with Crippen LogP contribution in [0.3, 0.4) is 0 Å². The topological polar surface area (TPSA) is 50.7 Å². The van der Waals surface area contributed by atoms with Crippen molar-refractivity contribution in [3.8, 4) is 11.5 Å². The lowest BCUT2D eigenvalue weighted by molar-refractivity contribution is -0.0512. The molecule has 1 aromatic heterocycles. The normalized spacial score (nSPS) is 13.8. The molecule has 2 N–H and O–H groups in total. The number of halogens is 2. The first kappa shape index (κ1) is 17.7. The van der Waals surface area contributed by atoms with Gasteiger partial charge in [0.25, 0.3) is 0 Å². The van der Waals surface area contributed by atoms with Gasteiger partial charge in [-0.05, 0) is 47.0 Å². The molecule has 0 aliphatic rings. The number of methoxy groups -OCH3 is 1. The van der Waals surface area contributed by atoms with Gasteiger partial charge in [0.15, 0.2) is 11.5 Å². The van der Waals surface area contributed by atoms with Gasteiger partial charge in [-0.1, -0.05) is 6.07 Å². The fraction of sp³-hybridized carbons (Fsp3) is 0.375. The highest BCUT2D eigenvalue weighted by atomic mass is 32.1. The average Bonchev–Trinajstić information content (AvgIpc) is 3.06. The highest BCUT2D eigenvalue weighted by Gasteiger charge is 2.15. The van der Waals surface area contributed by atoms with E-state index in [-0.39, 0.29) is 17.5 Å². The zero-order chi connectivity index (χ0) is 16.8. The van der Waals surface area contributed by atoms with Gasteiger partial charge in [0.2, 0.25) is 0 Å². The van der Waals surface area contributed by atoms with Crippen molar-refractivity contribution in [2.75, 3.05) is 13.7 Å². The van der Waals surface area contributed by atoms with Gasteiger partial charge in [0, 0.05) is 12.6 Å². The number of aliphatic hydroxyl groups is 1. The lowest BCUT2D eigenvalue weighted by Gasteiger charge is -2.18. The molecule has 23 heavy (non-hydrogen) atoms. The summed E-state index contributed by atoms with van der Waals surface area (Å²) in [6.07, 6.45) is -0.591. The van der Waals surface area contributed by atoms with E-state index in [0.717, 1.165) is 11.1 Å². The second kappa shape index (κ2) is 8.24. The fourth-order valence-corrected chi connectivity index (χ4v) is 2.84. The molecule has 126 valence electrons. The Kier molecular flexibility index (Phi) is 6.32. The Morgan fingerprint density at radius 1 is 1.22 bits per heavy atom. The number of alkyl halides is 2. The van der Waals surface area contributed by atoms with Crippen LogP contribution in [0.25, 0.3) is 0 Å². The Morgan fingerprint density at radius 2 is 2.00 bits per heavy atom. The molecule has 2 aromatic rings. The molecule has 2 rings (SSSR count). The first-order valence-electron chi connectivity index (χ1n) is 7.07. The maximum atomic E-state index is 12.3. The minimum absolute atomic E-state index is 0.00300. The van der Waals surface area contributed by atoms with Crippen LogP contribution in [-0.4, -0.2) is 25.4 Å². The molecule has 0 saturated heterocycles. The number of thiophene rings is 1. The number of rotatable bonds is 8. The number of hydrogen-bond acceptors (Lipinski definition) is 5. The Labute approximate surface area is 137 Å². The summed E-state index contributed by atoms with van der Waals surface area (Å²) in [5.74, 6) is 0.242. The number of hydrogen-bond donors (Lipinski definition) is 2. The minimum atomic E-state index is -2.90. The van der Waals surface area contributed by atoms with Crippen molar-refractivity contribution >= 4 is 11.3 Å². The lowest BCUT2D eigenvalue weighted by Crippen LogP contribution is -2.24. The van der Waals surface area contributed by atoms with Crippen LogP contribution in [0.4, 0.5) is 8.78 Å². The first-order chi connectivity index (χ1) is 11.0. The van der Waals surface area contributed by atoms with E-state index in [9.17, 15) is 13.9 Å². The summed E-state index contributed by atoms with van der Waals surface area (Å²) in [4.78, 5) is 0. The van der Waals surface area contributed by atoms with E-state index in [1.807, 2.05) is 23.8 Å². The van der Waals surface area contributed by atoms with Crippen LogP contribution in [0.2, 0.25) is 0 Å². The SMILES string of the molecule is COc1cc(C(C)NCC(O)c2ccsc2)ccc1OC(F)F. The molecule has 0 radical (unpaired) electrons. The van der Waals surface area contributed by atoms with Crippen LogP contribution in [0.1, 0.15) is 30.2 Å². The highest BCUT2D eigenvalue weighted by Crippen LogP contribution is 2.31. The third-order valence-electron chi connectivity index (χ3n) is 3.45. The standard InChI is InChI=1S/C16H19F2NO3S/c1-10(19-8-13(20)12-5-6-23-9-12)11-3-4-14(22-16(17)18)15(7-11)21-2/h3-7,9-10,13,16,19-20H,8H2,1-2H3. The summed E-state index contributed by atoms with van der Waals surface area (Å²) in [6, 6.07) is 6.58. The molecule has 0 spiro atoms. The van der Waals surface area contributed by atoms with Crippen molar-refractivity contribution in [3.05, 3.63) is 46.2 Å². The van der Waals surface area contributed by atoms with Gasteiger partial charge < -0.3 is 19.9 Å². The molecule has 0 aliphatic heterocycles. The monoisotopic (exact) mass is 343 g/mol. The highest BCUT2D eigenvalue weighted by molar-refractivity contribution is 7.07. The predicted molar refractivity (Wildman–Crippen MR) is 85.3 cm³/mol. The first-order valence-corrected chi connectivity index (χ1v) is 8.01. The Hall–Kier alpha value is -1.70. The number of nitrogens with one attached hydrogen (secondary N) is 1. The molecular weight excluding hydrogens is 324 g/mol. The molecular formula is C16H19F2NO3S. The molecule has 4 nitrogen and oxygen atoms in total. The van der Waals surface area contributed by atoms with E-state index in [1.165, 1.54) is 24.5 Å².